The van der Waals surface area contributed by atoms with Crippen molar-refractivity contribution in [2.24, 2.45) is 5.92 Å². The zero-order valence-corrected chi connectivity index (χ0v) is 17.3. The number of carbonyl (C=O) groups excluding carboxylic acids is 1. The number of esters is 1. The molecular weight excluding hydrogens is 395 g/mol. The van der Waals surface area contributed by atoms with Crippen molar-refractivity contribution < 1.29 is 23.4 Å². The molecule has 0 aromatic heterocycles. The Morgan fingerprint density at radius 1 is 1.17 bits per heavy atom. The molecule has 4 nitrogen and oxygen atoms in total. The Hall–Kier alpha value is -2.53. The van der Waals surface area contributed by atoms with Crippen molar-refractivity contribution in [1.29, 1.82) is 0 Å². The highest BCUT2D eigenvalue weighted by atomic mass is 35.5. The van der Waals surface area contributed by atoms with E-state index in [1.165, 1.54) is 12.1 Å². The summed E-state index contributed by atoms with van der Waals surface area (Å²) in [5, 5.41) is -0.213. The van der Waals surface area contributed by atoms with Gasteiger partial charge in [-0.1, -0.05) is 37.1 Å². The number of halogens is 2. The van der Waals surface area contributed by atoms with Gasteiger partial charge in [-0.15, -0.1) is 0 Å². The summed E-state index contributed by atoms with van der Waals surface area (Å²) in [5.74, 6) is -0.150. The van der Waals surface area contributed by atoms with E-state index in [9.17, 15) is 9.18 Å². The molecule has 0 spiro atoms. The predicted molar refractivity (Wildman–Crippen MR) is 111 cm³/mol. The van der Waals surface area contributed by atoms with Crippen molar-refractivity contribution in [3.05, 3.63) is 64.4 Å². The molecule has 0 saturated heterocycles. The van der Waals surface area contributed by atoms with Crippen LogP contribution >= 0.6 is 11.6 Å². The lowest BCUT2D eigenvalue weighted by Crippen LogP contribution is -2.13. The fourth-order valence-electron chi connectivity index (χ4n) is 3.21. The van der Waals surface area contributed by atoms with Crippen molar-refractivity contribution in [3.63, 3.8) is 0 Å². The van der Waals surface area contributed by atoms with Gasteiger partial charge in [0.1, 0.15) is 16.5 Å². The summed E-state index contributed by atoms with van der Waals surface area (Å²) >= 11 is 5.93. The van der Waals surface area contributed by atoms with Gasteiger partial charge in [-0.05, 0) is 56.0 Å². The van der Waals surface area contributed by atoms with Crippen LogP contribution in [-0.2, 0) is 4.74 Å². The van der Waals surface area contributed by atoms with Crippen molar-refractivity contribution in [1.82, 2.24) is 0 Å². The molecule has 0 amide bonds. The Labute approximate surface area is 175 Å². The first kappa shape index (κ1) is 21.2. The number of hydrogen-bond donors (Lipinski definition) is 0. The van der Waals surface area contributed by atoms with Crippen LogP contribution in [-0.4, -0.2) is 19.2 Å². The third-order valence-corrected chi connectivity index (χ3v) is 5.08. The fourth-order valence-corrected chi connectivity index (χ4v) is 3.42. The van der Waals surface area contributed by atoms with Crippen molar-refractivity contribution in [3.8, 4) is 11.5 Å². The molecule has 6 heteroatoms. The summed E-state index contributed by atoms with van der Waals surface area (Å²) in [7, 11) is 0. The lowest BCUT2D eigenvalue weighted by molar-refractivity contribution is 0.0727. The van der Waals surface area contributed by atoms with Crippen LogP contribution in [0, 0.1) is 11.7 Å². The third-order valence-electron chi connectivity index (χ3n) is 4.73. The summed E-state index contributed by atoms with van der Waals surface area (Å²) in [6.45, 7) is 5.00. The number of hydrogen-bond acceptors (Lipinski definition) is 4. The molecule has 29 heavy (non-hydrogen) atoms. The molecule has 3 rings (SSSR count). The van der Waals surface area contributed by atoms with E-state index < -0.39 is 11.8 Å². The second-order valence-electron chi connectivity index (χ2n) is 6.86. The zero-order valence-electron chi connectivity index (χ0n) is 16.5. The normalized spacial score (nSPS) is 16.0. The van der Waals surface area contributed by atoms with E-state index in [-0.39, 0.29) is 16.5 Å². The number of carbonyl (C=O) groups is 1. The van der Waals surface area contributed by atoms with Gasteiger partial charge in [-0.2, -0.15) is 0 Å². The molecule has 154 valence electrons. The first-order valence-corrected chi connectivity index (χ1v) is 10.2. The number of ether oxygens (including phenoxy) is 3. The highest BCUT2D eigenvalue weighted by Crippen LogP contribution is 2.34. The first-order chi connectivity index (χ1) is 14.0. The van der Waals surface area contributed by atoms with E-state index in [0.29, 0.717) is 24.7 Å². The largest absolute Gasteiger partial charge is 0.493 e. The van der Waals surface area contributed by atoms with E-state index in [2.05, 4.69) is 13.0 Å². The Kier molecular flexibility index (Phi) is 7.15. The van der Waals surface area contributed by atoms with Gasteiger partial charge in [0.15, 0.2) is 11.6 Å². The Balaban J connectivity index is 1.68. The summed E-state index contributed by atoms with van der Waals surface area (Å²) in [6, 6.07) is 9.65. The summed E-state index contributed by atoms with van der Waals surface area (Å²) in [4.78, 5) is 12.4. The van der Waals surface area contributed by atoms with Crippen LogP contribution in [0.15, 0.2) is 42.5 Å². The minimum atomic E-state index is -0.829. The van der Waals surface area contributed by atoms with Crippen LogP contribution in [0.3, 0.4) is 0 Å². The highest BCUT2D eigenvalue weighted by molar-refractivity contribution is 6.32. The SMILES string of the molecule is CCCC1CC=C(c2ccc(C(=O)Oc3ccc(OCC)c(Cl)c3F)cc2)OC1. The molecule has 1 unspecified atom stereocenters. The van der Waals surface area contributed by atoms with Crippen LogP contribution in [0.1, 0.15) is 49.0 Å². The smallest absolute Gasteiger partial charge is 0.343 e. The monoisotopic (exact) mass is 418 g/mol. The first-order valence-electron chi connectivity index (χ1n) is 9.79. The van der Waals surface area contributed by atoms with Gasteiger partial charge in [0.2, 0.25) is 0 Å². The summed E-state index contributed by atoms with van der Waals surface area (Å²) in [5.41, 5.74) is 1.20. The topological polar surface area (TPSA) is 44.8 Å². The van der Waals surface area contributed by atoms with Gasteiger partial charge >= 0.3 is 5.97 Å². The van der Waals surface area contributed by atoms with E-state index >= 15 is 0 Å². The van der Waals surface area contributed by atoms with E-state index in [1.54, 1.807) is 31.2 Å². The van der Waals surface area contributed by atoms with Gasteiger partial charge in [0.25, 0.3) is 0 Å². The molecule has 0 radical (unpaired) electrons. The van der Waals surface area contributed by atoms with Gasteiger partial charge in [0, 0.05) is 5.56 Å². The number of allylic oxidation sites excluding steroid dienone is 1. The van der Waals surface area contributed by atoms with Crippen molar-refractivity contribution >= 4 is 23.3 Å². The fraction of sp³-hybridized carbons (Fsp3) is 0.348. The second kappa shape index (κ2) is 9.79. The Morgan fingerprint density at radius 2 is 1.90 bits per heavy atom. The maximum absolute atomic E-state index is 14.3. The average molecular weight is 419 g/mol. The average Bonchev–Trinajstić information content (AvgIpc) is 2.74. The molecule has 0 bridgehead atoms. The van der Waals surface area contributed by atoms with Crippen molar-refractivity contribution in [2.75, 3.05) is 13.2 Å². The minimum absolute atomic E-state index is 0.206. The molecule has 1 atom stereocenters. The van der Waals surface area contributed by atoms with Gasteiger partial charge in [-0.3, -0.25) is 0 Å². The quantitative estimate of drug-likeness (QED) is 0.392. The molecule has 0 saturated carbocycles. The summed E-state index contributed by atoms with van der Waals surface area (Å²) < 4.78 is 30.6. The van der Waals surface area contributed by atoms with E-state index in [4.69, 9.17) is 25.8 Å². The van der Waals surface area contributed by atoms with E-state index in [0.717, 1.165) is 30.6 Å². The third kappa shape index (κ3) is 5.10. The molecule has 1 heterocycles. The highest BCUT2D eigenvalue weighted by Gasteiger charge is 2.19. The summed E-state index contributed by atoms with van der Waals surface area (Å²) in [6.07, 6.45) is 5.38. The molecule has 1 aliphatic rings. The number of rotatable bonds is 7. The van der Waals surface area contributed by atoms with Crippen LogP contribution < -0.4 is 9.47 Å². The second-order valence-corrected chi connectivity index (χ2v) is 7.24. The molecule has 2 aromatic carbocycles. The van der Waals surface area contributed by atoms with Crippen LogP contribution in [0.4, 0.5) is 4.39 Å². The lowest BCUT2D eigenvalue weighted by atomic mass is 9.97. The maximum Gasteiger partial charge on any atom is 0.343 e. The van der Waals surface area contributed by atoms with Crippen LogP contribution in [0.25, 0.3) is 5.76 Å². The zero-order chi connectivity index (χ0) is 20.8. The molecule has 0 N–H and O–H groups in total. The van der Waals surface area contributed by atoms with Gasteiger partial charge < -0.3 is 14.2 Å². The Bertz CT molecular complexity index is 892. The number of benzene rings is 2. The molecule has 1 aliphatic heterocycles. The van der Waals surface area contributed by atoms with Crippen LogP contribution in [0.2, 0.25) is 5.02 Å². The maximum atomic E-state index is 14.3. The standard InChI is InChI=1S/C23H24ClFO4/c1-3-5-15-6-11-18(28-14-15)16-7-9-17(10-8-16)23(26)29-20-13-12-19(27-4-2)21(24)22(20)25/h7-13,15H,3-6,14H2,1-2H3. The Morgan fingerprint density at radius 3 is 2.52 bits per heavy atom. The van der Waals surface area contributed by atoms with E-state index in [1.807, 2.05) is 0 Å². The van der Waals surface area contributed by atoms with Crippen LogP contribution in [0.5, 0.6) is 11.5 Å². The molecule has 0 aliphatic carbocycles. The molecule has 0 fully saturated rings. The van der Waals surface area contributed by atoms with Crippen molar-refractivity contribution in [2.45, 2.75) is 33.1 Å². The molecular formula is C23H24ClFO4. The predicted octanol–water partition coefficient (Wildman–Crippen LogP) is 6.27. The minimum Gasteiger partial charge on any atom is -0.493 e. The molecule has 2 aromatic rings. The van der Waals surface area contributed by atoms with Gasteiger partial charge in [-0.25, -0.2) is 9.18 Å². The lowest BCUT2D eigenvalue weighted by Gasteiger charge is -2.22. The van der Waals surface area contributed by atoms with Gasteiger partial charge in [0.05, 0.1) is 18.8 Å².